The van der Waals surface area contributed by atoms with Crippen LogP contribution < -0.4 is 0 Å². The van der Waals surface area contributed by atoms with Crippen molar-refractivity contribution in [2.75, 3.05) is 0 Å². The van der Waals surface area contributed by atoms with E-state index in [9.17, 15) is 0 Å². The second-order valence-corrected chi connectivity index (χ2v) is 75.8. The van der Waals surface area contributed by atoms with E-state index in [4.69, 9.17) is 0 Å². The average Bonchev–Trinajstić information content (AvgIpc) is 1.59. The highest BCUT2D eigenvalue weighted by Gasteiger charge is 2.55. The van der Waals surface area contributed by atoms with Crippen LogP contribution in [0.5, 0.6) is 0 Å². The van der Waals surface area contributed by atoms with Gasteiger partial charge in [-0.25, -0.2) is 0 Å². The monoisotopic (exact) mass is 2070 g/mol. The molecule has 0 aliphatic heterocycles. The van der Waals surface area contributed by atoms with Crippen molar-refractivity contribution in [2.45, 2.75) is 758 Å². The van der Waals surface area contributed by atoms with Gasteiger partial charge in [0.15, 0.2) is 0 Å². The lowest BCUT2D eigenvalue weighted by Crippen LogP contribution is -2.41. The van der Waals surface area contributed by atoms with Gasteiger partial charge >= 0.3 is 0 Å². The maximum atomic E-state index is 2.47. The second kappa shape index (κ2) is 53.5. The van der Waals surface area contributed by atoms with Gasteiger partial charge in [0.05, 0.1) is 0 Å². The molecule has 18 aliphatic carbocycles. The summed E-state index contributed by atoms with van der Waals surface area (Å²) in [5.74, 6) is 8.78. The fraction of sp³-hybridized carbons (Fsp3) is 1.00. The van der Waals surface area contributed by atoms with Crippen molar-refractivity contribution < 1.29 is 0 Å². The summed E-state index contributed by atoms with van der Waals surface area (Å²) in [6, 6.07) is 0. The van der Waals surface area contributed by atoms with E-state index in [0.717, 1.165) is 52.8 Å². The number of fused-ring (bicyclic) bond motifs is 4. The molecule has 0 heterocycles. The van der Waals surface area contributed by atoms with Gasteiger partial charge in [-0.3, -0.25) is 0 Å². The van der Waals surface area contributed by atoms with Gasteiger partial charge in [0.2, 0.25) is 0 Å². The van der Waals surface area contributed by atoms with Crippen LogP contribution in [-0.4, -0.2) is 0 Å². The Labute approximate surface area is 939 Å². The predicted octanol–water partition coefficient (Wildman–Crippen LogP) is 51.9. The summed E-state index contributed by atoms with van der Waals surface area (Å²) in [6.07, 6.45) is 90.5. The van der Waals surface area contributed by atoms with E-state index in [1.54, 1.807) is 0 Å². The van der Waals surface area contributed by atoms with E-state index >= 15 is 0 Å². The summed E-state index contributed by atoms with van der Waals surface area (Å²) < 4.78 is 0. The van der Waals surface area contributed by atoms with Crippen molar-refractivity contribution >= 4 is 0 Å². The molecule has 6 unspecified atom stereocenters. The van der Waals surface area contributed by atoms with Crippen molar-refractivity contribution in [2.24, 2.45) is 188 Å². The van der Waals surface area contributed by atoms with Crippen molar-refractivity contribution in [1.29, 1.82) is 0 Å². The highest BCUT2D eigenvalue weighted by Crippen LogP contribution is 2.66. The third kappa shape index (κ3) is 46.8. The lowest BCUT2D eigenvalue weighted by atomic mass is 9.53. The highest BCUT2D eigenvalue weighted by atomic mass is 14.6. The van der Waals surface area contributed by atoms with Gasteiger partial charge in [0.1, 0.15) is 0 Å². The molecule has 0 N–H and O–H groups in total. The standard InChI is InChI=1S/C13H24.C12H22.3C12H24.C11H20.2C11H22.C10H18.2C10H20.C9H18.C8H16.C7H14/c1-13(2)9-11-7-5-3-4-6-8-12(11)10-13;1-11(2)5-9-7-12(3,4)8-10(9)6-11;1-10(2)7-11(3,4)9-12(5,6)8-10;1-10(2)7-8-11(3,4)12(5,6)9-10;1-5-12(6-2)9-7-11(3,4)8-10-12;1-11(2)7-9-5-3-4-6-10(9)8-11;1-9(2)7-10(3,4)11(5,6)8-9;1-9(2)7-8-10(3,4)11(9,5)6;1-10(2)6-8-4-3-5-9(8)7-10;1-9(2)5-7-10(3,4)8-6-9;1-10(2)8-6-4-3-5-7-9-10;1-8(2)6-5-7-9(8,3)4;1-8(2)6-4-3-5-7-8;1-7(2)5-3-4-6-7/h11-12H,3-10H2,1-2H3;9-10H,5-8H2,1-4H3;2*7-9H2,1-6H3;5-10H2,1-4H3;9-10H,3-8H2,1-2H3;2*7-8H2,1-6H3;8-9H,3-7H2,1-2H3;5-8H2,1-4H3;3-9H2,1-2H3;5-7H2,1-4H3;3-7H2,1-2H3;3-6H2,1-2H3. The molecule has 0 amide bonds. The molecule has 0 bridgehead atoms. The van der Waals surface area contributed by atoms with E-state index in [-0.39, 0.29) is 0 Å². The lowest BCUT2D eigenvalue weighted by molar-refractivity contribution is -0.0130. The Kier molecular flexibility index (Phi) is 50.0. The molecule has 18 fully saturated rings. The number of rotatable bonds is 2. The van der Waals surface area contributed by atoms with E-state index in [2.05, 4.69) is 360 Å². The second-order valence-electron chi connectivity index (χ2n) is 75.8. The van der Waals surface area contributed by atoms with Crippen LogP contribution in [0.15, 0.2) is 0 Å². The zero-order valence-corrected chi connectivity index (χ0v) is 113. The molecule has 18 rings (SSSR count). The number of hydrogen-bond donors (Lipinski definition) is 0. The van der Waals surface area contributed by atoms with Crippen LogP contribution >= 0.6 is 0 Å². The summed E-state index contributed by atoms with van der Waals surface area (Å²) in [6.45, 7) is 125. The van der Waals surface area contributed by atoms with E-state index < -0.39 is 0 Å². The third-order valence-electron chi connectivity index (χ3n) is 48.2. The molecular formula is C148H288. The average molecular weight is 2070 g/mol. The summed E-state index contributed by atoms with van der Waals surface area (Å²) in [7, 11) is 0. The Morgan fingerprint density at radius 3 is 0.507 bits per heavy atom. The van der Waals surface area contributed by atoms with E-state index in [1.807, 2.05) is 0 Å². The zero-order valence-electron chi connectivity index (χ0n) is 113. The van der Waals surface area contributed by atoms with Crippen LogP contribution in [0.4, 0.5) is 0 Å². The highest BCUT2D eigenvalue weighted by molar-refractivity contribution is 5.06. The van der Waals surface area contributed by atoms with Gasteiger partial charge < -0.3 is 0 Å². The molecule has 0 aromatic rings. The normalized spacial score (nSPS) is 33.6. The molecule has 18 saturated carbocycles. The lowest BCUT2D eigenvalue weighted by Gasteiger charge is -2.52. The first kappa shape index (κ1) is 138. The molecule has 0 aromatic heterocycles. The van der Waals surface area contributed by atoms with E-state index in [0.29, 0.717) is 135 Å². The van der Waals surface area contributed by atoms with Gasteiger partial charge in [-0.15, -0.1) is 0 Å². The van der Waals surface area contributed by atoms with Crippen LogP contribution in [0, 0.1) is 188 Å². The van der Waals surface area contributed by atoms with Crippen LogP contribution in [0.25, 0.3) is 0 Å². The molecule has 0 nitrogen and oxygen atoms in total. The zero-order chi connectivity index (χ0) is 113. The third-order valence-corrected chi connectivity index (χ3v) is 48.2. The Morgan fingerprint density at radius 1 is 0.122 bits per heavy atom. The molecule has 0 aromatic carbocycles. The van der Waals surface area contributed by atoms with Gasteiger partial charge in [-0.05, 0) is 419 Å². The smallest absolute Gasteiger partial charge is 0.0252 e. The van der Waals surface area contributed by atoms with Crippen LogP contribution in [0.2, 0.25) is 0 Å². The minimum absolute atomic E-state index is 0.486. The fourth-order valence-electron chi connectivity index (χ4n) is 36.0. The maximum absolute atomic E-state index is 2.47. The topological polar surface area (TPSA) is 0 Å². The summed E-state index contributed by atoms with van der Waals surface area (Å²) in [4.78, 5) is 0. The first-order valence-corrected chi connectivity index (χ1v) is 66.6. The van der Waals surface area contributed by atoms with Gasteiger partial charge in [0, 0.05) is 0 Å². The van der Waals surface area contributed by atoms with Crippen molar-refractivity contribution in [3.8, 4) is 0 Å². The van der Waals surface area contributed by atoms with Crippen molar-refractivity contribution in [1.82, 2.24) is 0 Å². The van der Waals surface area contributed by atoms with Gasteiger partial charge in [-0.1, -0.05) is 527 Å². The molecular weight excluding hydrogens is 1780 g/mol. The van der Waals surface area contributed by atoms with Gasteiger partial charge in [0.25, 0.3) is 0 Å². The minimum Gasteiger partial charge on any atom is -0.0649 e. The summed E-state index contributed by atoms with van der Waals surface area (Å²) >= 11 is 0. The SMILES string of the molecule is CC1(C)CC(C)(C)C(C)(C)C1.CC1(C)CC(C)(C)CC(C)(C)C1.CC1(C)CC2CC(C)(C)CC2C1.CC1(C)CC2CCCC2C1.CC1(C)CC2CCCCC2C1.CC1(C)CC2CCCCCCC2C1.CC1(C)CCC(C)(C)C(C)(C)C1.CC1(C)CCC(C)(C)C1(C)C.CC1(C)CCC(C)(C)CC1.CC1(C)CCCC1.CC1(C)CCCC1(C)C.CC1(C)CCCCC1.CC1(C)CCCCCCC1.CCC1(CC)CCC(C)(C)CC1. The first-order chi connectivity index (χ1) is 66.6. The Bertz CT molecular complexity index is 3470. The molecule has 880 valence electrons. The molecule has 18 aliphatic rings. The number of hydrogen-bond acceptors (Lipinski definition) is 0. The molecule has 0 heteroatoms. The maximum Gasteiger partial charge on any atom is -0.0252 e. The quantitative estimate of drug-likeness (QED) is 0.259. The molecule has 0 spiro atoms. The fourth-order valence-corrected chi connectivity index (χ4v) is 36.0. The Morgan fingerprint density at radius 2 is 0.297 bits per heavy atom. The minimum atomic E-state index is 0.486. The van der Waals surface area contributed by atoms with E-state index in [1.165, 1.54) is 398 Å². The van der Waals surface area contributed by atoms with Crippen LogP contribution in [0.3, 0.4) is 0 Å². The largest absolute Gasteiger partial charge is 0.0649 e. The molecule has 0 radical (unpaired) electrons. The molecule has 0 saturated heterocycles. The van der Waals surface area contributed by atoms with Crippen LogP contribution in [0.1, 0.15) is 758 Å². The van der Waals surface area contributed by atoms with Gasteiger partial charge in [-0.2, -0.15) is 0 Å². The predicted molar refractivity (Wildman–Crippen MR) is 672 cm³/mol. The van der Waals surface area contributed by atoms with Crippen molar-refractivity contribution in [3.05, 3.63) is 0 Å². The Balaban J connectivity index is 0.000000281. The summed E-state index contributed by atoms with van der Waals surface area (Å²) in [5.41, 5.74) is 15.6. The van der Waals surface area contributed by atoms with Crippen molar-refractivity contribution in [3.63, 3.8) is 0 Å². The molecule has 148 heavy (non-hydrogen) atoms. The molecule has 6 atom stereocenters. The Hall–Kier alpha value is 0. The van der Waals surface area contributed by atoms with Crippen LogP contribution in [-0.2, 0) is 0 Å². The first-order valence-electron chi connectivity index (χ1n) is 66.6. The summed E-state index contributed by atoms with van der Waals surface area (Å²) in [5, 5.41) is 0.